The minimum Gasteiger partial charge on any atom is -0.394 e. The summed E-state index contributed by atoms with van der Waals surface area (Å²) in [5.74, 6) is 0.432. The molecule has 0 amide bonds. The lowest BCUT2D eigenvalue weighted by Crippen LogP contribution is -2.58. The van der Waals surface area contributed by atoms with Gasteiger partial charge in [0.2, 0.25) is 0 Å². The number of nitrogens with two attached hydrogens (primary N) is 1. The third kappa shape index (κ3) is 1.72. The molecule has 0 radical (unpaired) electrons. The van der Waals surface area contributed by atoms with E-state index < -0.39 is 0 Å². The largest absolute Gasteiger partial charge is 0.394 e. The molecule has 2 unspecified atom stereocenters. The van der Waals surface area contributed by atoms with E-state index in [-0.39, 0.29) is 12.1 Å². The molecule has 0 aromatic heterocycles. The van der Waals surface area contributed by atoms with Gasteiger partial charge in [-0.2, -0.15) is 0 Å². The summed E-state index contributed by atoms with van der Waals surface area (Å²) >= 11 is 0. The first-order valence-electron chi connectivity index (χ1n) is 4.33. The molecule has 0 spiro atoms. The molecule has 0 aromatic carbocycles. The van der Waals surface area contributed by atoms with Gasteiger partial charge in [0, 0.05) is 5.54 Å². The Labute approximate surface area is 68.0 Å². The zero-order valence-corrected chi connectivity index (χ0v) is 7.14. The van der Waals surface area contributed by atoms with E-state index in [0.717, 1.165) is 25.9 Å². The topological polar surface area (TPSA) is 58.3 Å². The highest BCUT2D eigenvalue weighted by molar-refractivity contribution is 4.94. The van der Waals surface area contributed by atoms with Crippen LogP contribution in [0.4, 0.5) is 0 Å². The summed E-state index contributed by atoms with van der Waals surface area (Å²) in [5.41, 5.74) is 5.70. The van der Waals surface area contributed by atoms with Gasteiger partial charge >= 0.3 is 0 Å². The molecule has 2 atom stereocenters. The van der Waals surface area contributed by atoms with Crippen LogP contribution in [0, 0.1) is 5.92 Å². The summed E-state index contributed by atoms with van der Waals surface area (Å²) < 4.78 is 0. The monoisotopic (exact) mass is 158 g/mol. The van der Waals surface area contributed by atoms with E-state index in [9.17, 15) is 0 Å². The van der Waals surface area contributed by atoms with E-state index in [1.807, 2.05) is 0 Å². The van der Waals surface area contributed by atoms with Gasteiger partial charge < -0.3 is 16.2 Å². The average molecular weight is 158 g/mol. The second-order valence-electron chi connectivity index (χ2n) is 3.45. The Morgan fingerprint density at radius 1 is 1.73 bits per heavy atom. The van der Waals surface area contributed by atoms with Gasteiger partial charge in [0.15, 0.2) is 0 Å². The normalized spacial score (nSPS) is 39.0. The molecule has 1 rings (SSSR count). The summed E-state index contributed by atoms with van der Waals surface area (Å²) in [6.07, 6.45) is 1.94. The fourth-order valence-electron chi connectivity index (χ4n) is 1.76. The Hall–Kier alpha value is -0.120. The van der Waals surface area contributed by atoms with Crippen molar-refractivity contribution in [1.82, 2.24) is 5.32 Å². The van der Waals surface area contributed by atoms with E-state index in [0.29, 0.717) is 5.92 Å². The fraction of sp³-hybridized carbons (Fsp3) is 1.00. The van der Waals surface area contributed by atoms with Crippen LogP contribution >= 0.6 is 0 Å². The Morgan fingerprint density at radius 3 is 2.91 bits per heavy atom. The molecular weight excluding hydrogens is 140 g/mol. The van der Waals surface area contributed by atoms with E-state index in [1.54, 1.807) is 0 Å². The quantitative estimate of drug-likeness (QED) is 0.517. The molecule has 1 aliphatic heterocycles. The van der Waals surface area contributed by atoms with Gasteiger partial charge in [-0.05, 0) is 25.4 Å². The lowest BCUT2D eigenvalue weighted by atomic mass is 9.78. The molecule has 1 aliphatic rings. The Balaban J connectivity index is 2.57. The summed E-state index contributed by atoms with van der Waals surface area (Å²) in [6.45, 7) is 4.13. The maximum absolute atomic E-state index is 9.10. The molecule has 4 N–H and O–H groups in total. The second-order valence-corrected chi connectivity index (χ2v) is 3.45. The van der Waals surface area contributed by atoms with Crippen LogP contribution in [0.25, 0.3) is 0 Å². The molecule has 11 heavy (non-hydrogen) atoms. The minimum atomic E-state index is -0.319. The standard InChI is InChI=1S/C8H18N2O/c1-2-7-5-10-4-3-8(7,9)6-11/h7,10-11H,2-6,9H2,1H3. The summed E-state index contributed by atoms with van der Waals surface area (Å²) in [7, 11) is 0. The van der Waals surface area contributed by atoms with Gasteiger partial charge in [-0.25, -0.2) is 0 Å². The van der Waals surface area contributed by atoms with E-state index >= 15 is 0 Å². The zero-order chi connectivity index (χ0) is 8.32. The van der Waals surface area contributed by atoms with Gasteiger partial charge in [-0.1, -0.05) is 13.3 Å². The van der Waals surface area contributed by atoms with Crippen molar-refractivity contribution in [2.75, 3.05) is 19.7 Å². The Bertz CT molecular complexity index is 129. The van der Waals surface area contributed by atoms with Crippen molar-refractivity contribution >= 4 is 0 Å². The van der Waals surface area contributed by atoms with Crippen LogP contribution in [0.3, 0.4) is 0 Å². The van der Waals surface area contributed by atoms with Crippen LogP contribution in [0.15, 0.2) is 0 Å². The maximum Gasteiger partial charge on any atom is 0.0614 e. The third-order valence-electron chi connectivity index (χ3n) is 2.76. The summed E-state index contributed by atoms with van der Waals surface area (Å²) in [4.78, 5) is 0. The first kappa shape index (κ1) is 8.97. The van der Waals surface area contributed by atoms with Crippen LogP contribution in [-0.2, 0) is 0 Å². The smallest absolute Gasteiger partial charge is 0.0614 e. The molecule has 1 saturated heterocycles. The van der Waals surface area contributed by atoms with Crippen molar-refractivity contribution < 1.29 is 5.11 Å². The van der Waals surface area contributed by atoms with Crippen molar-refractivity contribution in [3.05, 3.63) is 0 Å². The first-order chi connectivity index (χ1) is 5.23. The fourth-order valence-corrected chi connectivity index (χ4v) is 1.76. The lowest BCUT2D eigenvalue weighted by molar-refractivity contribution is 0.107. The molecule has 0 saturated carbocycles. The molecule has 66 valence electrons. The number of nitrogens with one attached hydrogen (secondary N) is 1. The van der Waals surface area contributed by atoms with Gasteiger partial charge in [-0.3, -0.25) is 0 Å². The van der Waals surface area contributed by atoms with Crippen LogP contribution in [0.5, 0.6) is 0 Å². The highest BCUT2D eigenvalue weighted by Gasteiger charge is 2.35. The van der Waals surface area contributed by atoms with Crippen LogP contribution < -0.4 is 11.1 Å². The Kier molecular flexibility index (Phi) is 2.87. The molecule has 0 aromatic rings. The lowest BCUT2D eigenvalue weighted by Gasteiger charge is -2.39. The van der Waals surface area contributed by atoms with Crippen LogP contribution in [0.1, 0.15) is 19.8 Å². The van der Waals surface area contributed by atoms with Crippen molar-refractivity contribution in [2.45, 2.75) is 25.3 Å². The number of aliphatic hydroxyl groups is 1. The van der Waals surface area contributed by atoms with E-state index in [4.69, 9.17) is 10.8 Å². The number of aliphatic hydroxyl groups excluding tert-OH is 1. The predicted octanol–water partition coefficient (Wildman–Crippen LogP) is -0.304. The van der Waals surface area contributed by atoms with Crippen molar-refractivity contribution in [3.8, 4) is 0 Å². The molecule has 0 aliphatic carbocycles. The van der Waals surface area contributed by atoms with E-state index in [2.05, 4.69) is 12.2 Å². The molecule has 3 heteroatoms. The molecule has 3 nitrogen and oxygen atoms in total. The Morgan fingerprint density at radius 2 is 2.45 bits per heavy atom. The van der Waals surface area contributed by atoms with Crippen LogP contribution in [0.2, 0.25) is 0 Å². The third-order valence-corrected chi connectivity index (χ3v) is 2.76. The molecule has 0 bridgehead atoms. The predicted molar refractivity (Wildman–Crippen MR) is 45.3 cm³/mol. The average Bonchev–Trinajstić information content (AvgIpc) is 2.05. The number of hydrogen-bond acceptors (Lipinski definition) is 3. The van der Waals surface area contributed by atoms with Crippen molar-refractivity contribution in [1.29, 1.82) is 0 Å². The first-order valence-corrected chi connectivity index (χ1v) is 4.33. The molecule has 1 heterocycles. The summed E-state index contributed by atoms with van der Waals surface area (Å²) in [5, 5.41) is 12.4. The second kappa shape index (κ2) is 3.52. The SMILES string of the molecule is CCC1CNCCC1(N)CO. The van der Waals surface area contributed by atoms with Gasteiger partial charge in [0.1, 0.15) is 0 Å². The molecular formula is C8H18N2O. The number of rotatable bonds is 2. The van der Waals surface area contributed by atoms with E-state index in [1.165, 1.54) is 0 Å². The highest BCUT2D eigenvalue weighted by Crippen LogP contribution is 2.23. The van der Waals surface area contributed by atoms with Crippen molar-refractivity contribution in [2.24, 2.45) is 11.7 Å². The minimum absolute atomic E-state index is 0.118. The summed E-state index contributed by atoms with van der Waals surface area (Å²) in [6, 6.07) is 0. The molecule has 1 fully saturated rings. The number of hydrogen-bond donors (Lipinski definition) is 3. The number of piperidine rings is 1. The zero-order valence-electron chi connectivity index (χ0n) is 7.14. The highest BCUT2D eigenvalue weighted by atomic mass is 16.3. The maximum atomic E-state index is 9.10. The van der Waals surface area contributed by atoms with Crippen LogP contribution in [-0.4, -0.2) is 30.3 Å². The van der Waals surface area contributed by atoms with Gasteiger partial charge in [0.05, 0.1) is 6.61 Å². The van der Waals surface area contributed by atoms with Gasteiger partial charge in [-0.15, -0.1) is 0 Å². The van der Waals surface area contributed by atoms with Crippen molar-refractivity contribution in [3.63, 3.8) is 0 Å². The van der Waals surface area contributed by atoms with Gasteiger partial charge in [0.25, 0.3) is 0 Å².